The van der Waals surface area contributed by atoms with Gasteiger partial charge in [-0.3, -0.25) is 9.69 Å². The van der Waals surface area contributed by atoms with E-state index in [4.69, 9.17) is 4.42 Å². The average molecular weight is 557 g/mol. The summed E-state index contributed by atoms with van der Waals surface area (Å²) in [5.41, 5.74) is 2.38. The summed E-state index contributed by atoms with van der Waals surface area (Å²) >= 11 is 0. The second-order valence-corrected chi connectivity index (χ2v) is 11.2. The molecule has 4 rings (SSSR count). The smallest absolute Gasteiger partial charge is 0.408 e. The second-order valence-electron chi connectivity index (χ2n) is 11.2. The number of carboxylic acid groups (broad SMARTS) is 1. The first-order valence-electron chi connectivity index (χ1n) is 13.5. The normalized spacial score (nSPS) is 12.1. The lowest BCUT2D eigenvalue weighted by atomic mass is 10.0. The van der Waals surface area contributed by atoms with E-state index in [9.17, 15) is 19.5 Å². The maximum Gasteiger partial charge on any atom is 0.408 e. The molecule has 3 aromatic carbocycles. The summed E-state index contributed by atoms with van der Waals surface area (Å²) in [5.74, 6) is -0.176. The highest BCUT2D eigenvalue weighted by atomic mass is 16.4. The Kier molecular flexibility index (Phi) is 8.76. The van der Waals surface area contributed by atoms with Gasteiger partial charge in [0.15, 0.2) is 0 Å². The lowest BCUT2D eigenvalue weighted by molar-refractivity contribution is -0.131. The first-order valence-corrected chi connectivity index (χ1v) is 13.5. The van der Waals surface area contributed by atoms with Crippen molar-refractivity contribution in [2.45, 2.75) is 58.8 Å². The van der Waals surface area contributed by atoms with Crippen LogP contribution in [0.2, 0.25) is 0 Å². The van der Waals surface area contributed by atoms with Crippen LogP contribution in [0, 0.1) is 6.92 Å². The van der Waals surface area contributed by atoms with Crippen molar-refractivity contribution in [3.63, 3.8) is 0 Å². The quantitative estimate of drug-likeness (QED) is 0.281. The van der Waals surface area contributed by atoms with Crippen molar-refractivity contribution in [3.8, 4) is 0 Å². The minimum atomic E-state index is -1.05. The van der Waals surface area contributed by atoms with Gasteiger partial charge in [0, 0.05) is 32.1 Å². The van der Waals surface area contributed by atoms with E-state index in [1.54, 1.807) is 31.0 Å². The molecule has 9 nitrogen and oxygen atoms in total. The van der Waals surface area contributed by atoms with E-state index in [1.807, 2.05) is 81.4 Å². The number of amides is 2. The third-order valence-electron chi connectivity index (χ3n) is 7.06. The number of nitrogens with zero attached hydrogens (tertiary/aromatic N) is 3. The predicted molar refractivity (Wildman–Crippen MR) is 159 cm³/mol. The van der Waals surface area contributed by atoms with Crippen LogP contribution in [0.25, 0.3) is 10.9 Å². The molecule has 214 valence electrons. The molecule has 2 amide bonds. The highest BCUT2D eigenvalue weighted by molar-refractivity contribution is 5.85. The van der Waals surface area contributed by atoms with E-state index in [-0.39, 0.29) is 23.9 Å². The number of fused-ring (bicyclic) bond motifs is 1. The molecule has 0 radical (unpaired) electrons. The van der Waals surface area contributed by atoms with Gasteiger partial charge in [0.25, 0.3) is 6.01 Å². The van der Waals surface area contributed by atoms with E-state index >= 15 is 0 Å². The Morgan fingerprint density at radius 2 is 1.56 bits per heavy atom. The highest BCUT2D eigenvalue weighted by Crippen LogP contribution is 2.24. The minimum absolute atomic E-state index is 0.0566. The van der Waals surface area contributed by atoms with Gasteiger partial charge >= 0.3 is 11.7 Å². The number of benzene rings is 3. The van der Waals surface area contributed by atoms with Crippen LogP contribution in [0.4, 0.5) is 10.8 Å². The minimum Gasteiger partial charge on any atom is -0.465 e. The number of aromatic nitrogens is 1. The standard InChI is InChI=1S/C32H36N4O5/c1-21-24(20-36(31(39)40)32(2,3)4)16-17-25-27(21)29(38)41-30(33-25)34-26(18-22-12-8-6-9-13-22)28(37)35(5)19-23-14-10-7-11-15-23/h6-17,26H,18-20H2,1-5H3,(H,33,34)(H,39,40)/t26-/m0/s1. The van der Waals surface area contributed by atoms with E-state index in [0.29, 0.717) is 29.6 Å². The molecule has 0 unspecified atom stereocenters. The Hall–Kier alpha value is -4.66. The van der Waals surface area contributed by atoms with Gasteiger partial charge in [-0.25, -0.2) is 9.59 Å². The fourth-order valence-corrected chi connectivity index (χ4v) is 4.76. The van der Waals surface area contributed by atoms with Crippen molar-refractivity contribution in [1.82, 2.24) is 14.8 Å². The van der Waals surface area contributed by atoms with Gasteiger partial charge in [-0.2, -0.15) is 4.98 Å². The molecule has 41 heavy (non-hydrogen) atoms. The third kappa shape index (κ3) is 7.11. The van der Waals surface area contributed by atoms with Crippen molar-refractivity contribution >= 4 is 28.9 Å². The fraction of sp³-hybridized carbons (Fsp3) is 0.312. The molecule has 0 spiro atoms. The molecular formula is C32H36N4O5. The van der Waals surface area contributed by atoms with Crippen LogP contribution >= 0.6 is 0 Å². The summed E-state index contributed by atoms with van der Waals surface area (Å²) in [4.78, 5) is 46.2. The van der Waals surface area contributed by atoms with E-state index < -0.39 is 23.3 Å². The van der Waals surface area contributed by atoms with Gasteiger partial charge in [-0.1, -0.05) is 66.7 Å². The van der Waals surface area contributed by atoms with Crippen molar-refractivity contribution < 1.29 is 19.1 Å². The molecule has 0 fully saturated rings. The zero-order valence-electron chi connectivity index (χ0n) is 24.0. The lowest BCUT2D eigenvalue weighted by Gasteiger charge is -2.33. The molecule has 4 aromatic rings. The van der Waals surface area contributed by atoms with Crippen LogP contribution in [0.3, 0.4) is 0 Å². The number of aryl methyl sites for hydroxylation is 1. The van der Waals surface area contributed by atoms with Gasteiger partial charge in [0.05, 0.1) is 10.9 Å². The molecule has 1 aromatic heterocycles. The number of rotatable bonds is 9. The van der Waals surface area contributed by atoms with Crippen molar-refractivity contribution in [2.24, 2.45) is 0 Å². The Morgan fingerprint density at radius 1 is 0.951 bits per heavy atom. The predicted octanol–water partition coefficient (Wildman–Crippen LogP) is 5.46. The monoisotopic (exact) mass is 556 g/mol. The number of anilines is 1. The van der Waals surface area contributed by atoms with Crippen LogP contribution < -0.4 is 10.9 Å². The van der Waals surface area contributed by atoms with Gasteiger partial charge in [-0.05, 0) is 56.0 Å². The molecule has 0 bridgehead atoms. The van der Waals surface area contributed by atoms with Gasteiger partial charge in [0.2, 0.25) is 5.91 Å². The molecule has 1 atom stereocenters. The van der Waals surface area contributed by atoms with E-state index in [2.05, 4.69) is 10.3 Å². The van der Waals surface area contributed by atoms with Gasteiger partial charge < -0.3 is 19.7 Å². The largest absolute Gasteiger partial charge is 0.465 e. The third-order valence-corrected chi connectivity index (χ3v) is 7.06. The summed E-state index contributed by atoms with van der Waals surface area (Å²) in [6.07, 6.45) is -0.689. The first-order chi connectivity index (χ1) is 19.4. The van der Waals surface area contributed by atoms with Crippen LogP contribution in [0.5, 0.6) is 0 Å². The zero-order valence-corrected chi connectivity index (χ0v) is 24.0. The van der Waals surface area contributed by atoms with Gasteiger partial charge in [0.1, 0.15) is 6.04 Å². The number of carbonyl (C=O) groups is 2. The molecule has 1 heterocycles. The van der Waals surface area contributed by atoms with Crippen molar-refractivity contribution in [2.75, 3.05) is 12.4 Å². The summed E-state index contributed by atoms with van der Waals surface area (Å²) in [7, 11) is 1.74. The second kappa shape index (κ2) is 12.2. The Labute approximate surface area is 239 Å². The number of hydrogen-bond donors (Lipinski definition) is 2. The topological polar surface area (TPSA) is 116 Å². The summed E-state index contributed by atoms with van der Waals surface area (Å²) in [5, 5.41) is 13.1. The molecule has 0 saturated heterocycles. The molecule has 2 N–H and O–H groups in total. The van der Waals surface area contributed by atoms with Crippen LogP contribution in [0.1, 0.15) is 43.0 Å². The number of hydrogen-bond acceptors (Lipinski definition) is 6. The van der Waals surface area contributed by atoms with Crippen LogP contribution in [0.15, 0.2) is 82.0 Å². The van der Waals surface area contributed by atoms with Crippen LogP contribution in [-0.4, -0.2) is 50.5 Å². The molecule has 0 aliphatic heterocycles. The summed E-state index contributed by atoms with van der Waals surface area (Å²) in [6, 6.07) is 22.0. The molecule has 0 aliphatic rings. The molecule has 9 heteroatoms. The zero-order chi connectivity index (χ0) is 29.7. The Balaban J connectivity index is 1.64. The van der Waals surface area contributed by atoms with Crippen LogP contribution in [-0.2, 0) is 24.3 Å². The van der Waals surface area contributed by atoms with E-state index in [1.165, 1.54) is 4.90 Å². The number of carbonyl (C=O) groups excluding carboxylic acids is 1. The van der Waals surface area contributed by atoms with Crippen molar-refractivity contribution in [3.05, 3.63) is 105 Å². The fourth-order valence-electron chi connectivity index (χ4n) is 4.76. The highest BCUT2D eigenvalue weighted by Gasteiger charge is 2.28. The average Bonchev–Trinajstić information content (AvgIpc) is 2.92. The molecule has 0 aliphatic carbocycles. The number of nitrogens with one attached hydrogen (secondary N) is 1. The van der Waals surface area contributed by atoms with Crippen molar-refractivity contribution in [1.29, 1.82) is 0 Å². The lowest BCUT2D eigenvalue weighted by Crippen LogP contribution is -2.44. The molecule has 0 saturated carbocycles. The maximum absolute atomic E-state index is 13.6. The van der Waals surface area contributed by atoms with E-state index in [0.717, 1.165) is 11.1 Å². The number of likely N-dealkylation sites (N-methyl/N-ethyl adjacent to an activating group) is 1. The molecular weight excluding hydrogens is 520 g/mol. The Morgan fingerprint density at radius 3 is 2.15 bits per heavy atom. The first kappa shape index (κ1) is 29.3. The summed E-state index contributed by atoms with van der Waals surface area (Å²) < 4.78 is 5.58. The SMILES string of the molecule is Cc1c(CN(C(=O)O)C(C)(C)C)ccc2nc(N[C@@H](Cc3ccccc3)C(=O)N(C)Cc3ccccc3)oc(=O)c12. The summed E-state index contributed by atoms with van der Waals surface area (Å²) in [6.45, 7) is 7.74. The Bertz CT molecular complexity index is 1580. The maximum atomic E-state index is 13.6. The van der Waals surface area contributed by atoms with Gasteiger partial charge in [-0.15, -0.1) is 0 Å².